The van der Waals surface area contributed by atoms with Gasteiger partial charge in [-0.15, -0.1) is 0 Å². The second-order valence-corrected chi connectivity index (χ2v) is 6.02. The molecular formula is C21H35N3O6. The number of hydrogen-bond acceptors (Lipinski definition) is 8. The Morgan fingerprint density at radius 3 is 2.17 bits per heavy atom. The number of carbonyl (C=O) groups excluding carboxylic acids is 4. The summed E-state index contributed by atoms with van der Waals surface area (Å²) in [6, 6.07) is 7.43. The number of aliphatic hydroxyl groups excluding tert-OH is 1. The van der Waals surface area contributed by atoms with Crippen LogP contribution in [0.1, 0.15) is 38.2 Å². The van der Waals surface area contributed by atoms with E-state index >= 15 is 0 Å². The van der Waals surface area contributed by atoms with E-state index in [1.54, 1.807) is 14.0 Å². The quantitative estimate of drug-likeness (QED) is 0.235. The third-order valence-electron chi connectivity index (χ3n) is 3.79. The molecule has 1 aromatic rings. The van der Waals surface area contributed by atoms with E-state index in [1.165, 1.54) is 7.11 Å². The number of nitrogens with one attached hydrogen (secondary N) is 3. The average Bonchev–Trinajstić information content (AvgIpc) is 2.80. The van der Waals surface area contributed by atoms with Crippen molar-refractivity contribution >= 4 is 30.1 Å². The molecule has 0 heterocycles. The fourth-order valence-corrected chi connectivity index (χ4v) is 1.80. The fraction of sp³-hybridized carbons (Fsp3) is 0.524. The van der Waals surface area contributed by atoms with Crippen molar-refractivity contribution in [1.82, 2.24) is 10.6 Å². The van der Waals surface area contributed by atoms with Gasteiger partial charge in [0.15, 0.2) is 0 Å². The summed E-state index contributed by atoms with van der Waals surface area (Å²) in [6.45, 7) is 1.93. The molecule has 1 unspecified atom stereocenters. The van der Waals surface area contributed by atoms with Crippen LogP contribution in [0.15, 0.2) is 24.3 Å². The van der Waals surface area contributed by atoms with E-state index in [1.807, 2.05) is 31.3 Å². The largest absolute Gasteiger partial charge is 0.469 e. The Bertz CT molecular complexity index is 570. The Labute approximate surface area is 178 Å². The zero-order valence-corrected chi connectivity index (χ0v) is 18.3. The molecule has 0 aromatic heterocycles. The number of unbranched alkanes of at least 4 members (excludes halogenated alkanes) is 2. The van der Waals surface area contributed by atoms with Crippen LogP contribution >= 0.6 is 0 Å². The van der Waals surface area contributed by atoms with Crippen molar-refractivity contribution in [3.8, 4) is 0 Å². The number of ether oxygens (including phenoxy) is 1. The van der Waals surface area contributed by atoms with Crippen molar-refractivity contribution < 1.29 is 29.0 Å². The van der Waals surface area contributed by atoms with Gasteiger partial charge in [0, 0.05) is 25.6 Å². The SMILES string of the molecule is CNC(C)C(=O)NCC=O.CNc1ccc(CO)cc1.COC(=O)CCCCC=O. The van der Waals surface area contributed by atoms with Crippen molar-refractivity contribution in [2.24, 2.45) is 0 Å². The highest BCUT2D eigenvalue weighted by atomic mass is 16.5. The number of aliphatic hydroxyl groups is 1. The summed E-state index contributed by atoms with van der Waals surface area (Å²) in [7, 11) is 4.92. The molecule has 1 rings (SSSR count). The summed E-state index contributed by atoms with van der Waals surface area (Å²) in [5.74, 6) is -0.361. The maximum Gasteiger partial charge on any atom is 0.305 e. The molecule has 0 spiro atoms. The van der Waals surface area contributed by atoms with Gasteiger partial charge in [0.25, 0.3) is 0 Å². The van der Waals surface area contributed by atoms with Gasteiger partial charge < -0.3 is 35.4 Å². The molecule has 30 heavy (non-hydrogen) atoms. The zero-order chi connectivity index (χ0) is 23.2. The molecule has 9 nitrogen and oxygen atoms in total. The van der Waals surface area contributed by atoms with Crippen LogP contribution in [-0.4, -0.2) is 63.3 Å². The number of methoxy groups -OCH3 is 1. The standard InChI is InChI=1S/C8H11NO.C7H12O3.C6H12N2O2/c1-9-8-4-2-7(6-10)3-5-8;1-10-7(9)5-3-2-4-6-8;1-5(7-2)6(10)8-3-4-9/h2-5,9-10H,6H2,1H3;6H,2-5H2,1H3;4-5,7H,3H2,1-2H3,(H,8,10). The number of carbonyl (C=O) groups is 4. The molecule has 0 bridgehead atoms. The summed E-state index contributed by atoms with van der Waals surface area (Å²) in [5.41, 5.74) is 2.01. The second kappa shape index (κ2) is 20.9. The lowest BCUT2D eigenvalue weighted by Gasteiger charge is -2.07. The lowest BCUT2D eigenvalue weighted by atomic mass is 10.2. The van der Waals surface area contributed by atoms with Gasteiger partial charge in [-0.3, -0.25) is 9.59 Å². The smallest absolute Gasteiger partial charge is 0.305 e. The van der Waals surface area contributed by atoms with Crippen molar-refractivity contribution in [3.05, 3.63) is 29.8 Å². The van der Waals surface area contributed by atoms with Gasteiger partial charge in [0.05, 0.1) is 26.3 Å². The molecule has 0 aliphatic rings. The van der Waals surface area contributed by atoms with Crippen LogP contribution in [0.3, 0.4) is 0 Å². The highest BCUT2D eigenvalue weighted by Crippen LogP contribution is 2.07. The van der Waals surface area contributed by atoms with E-state index in [9.17, 15) is 19.2 Å². The predicted molar refractivity (Wildman–Crippen MR) is 116 cm³/mol. The van der Waals surface area contributed by atoms with Crippen LogP contribution < -0.4 is 16.0 Å². The number of esters is 1. The molecular weight excluding hydrogens is 390 g/mol. The van der Waals surface area contributed by atoms with Crippen LogP contribution in [0, 0.1) is 0 Å². The van der Waals surface area contributed by atoms with Crippen molar-refractivity contribution in [3.63, 3.8) is 0 Å². The molecule has 0 fully saturated rings. The second-order valence-electron chi connectivity index (χ2n) is 6.02. The molecule has 0 aliphatic heterocycles. The number of rotatable bonds is 11. The molecule has 1 aromatic carbocycles. The van der Waals surface area contributed by atoms with Gasteiger partial charge in [-0.05, 0) is 44.5 Å². The van der Waals surface area contributed by atoms with Gasteiger partial charge in [0.2, 0.25) is 5.91 Å². The van der Waals surface area contributed by atoms with Crippen LogP contribution in [0.4, 0.5) is 5.69 Å². The number of likely N-dealkylation sites (N-methyl/N-ethyl adjacent to an activating group) is 1. The number of anilines is 1. The van der Waals surface area contributed by atoms with Crippen molar-refractivity contribution in [1.29, 1.82) is 0 Å². The maximum atomic E-state index is 10.8. The highest BCUT2D eigenvalue weighted by molar-refractivity contribution is 5.82. The molecule has 170 valence electrons. The molecule has 0 radical (unpaired) electrons. The van der Waals surface area contributed by atoms with Gasteiger partial charge in [-0.25, -0.2) is 0 Å². The Kier molecular flexibility index (Phi) is 20.5. The highest BCUT2D eigenvalue weighted by Gasteiger charge is 2.07. The molecule has 1 atom stereocenters. The number of benzene rings is 1. The topological polar surface area (TPSA) is 134 Å². The van der Waals surface area contributed by atoms with E-state index in [2.05, 4.69) is 20.7 Å². The predicted octanol–water partition coefficient (Wildman–Crippen LogP) is 1.05. The molecule has 9 heteroatoms. The molecule has 0 saturated carbocycles. The van der Waals surface area contributed by atoms with Crippen molar-refractivity contribution in [2.45, 2.75) is 45.3 Å². The van der Waals surface area contributed by atoms with E-state index in [0.717, 1.165) is 30.4 Å². The lowest BCUT2D eigenvalue weighted by molar-refractivity contribution is -0.140. The first-order valence-corrected chi connectivity index (χ1v) is 9.66. The van der Waals surface area contributed by atoms with E-state index < -0.39 is 0 Å². The molecule has 4 N–H and O–H groups in total. The van der Waals surface area contributed by atoms with Gasteiger partial charge in [-0.2, -0.15) is 0 Å². The summed E-state index contributed by atoms with van der Waals surface area (Å²) < 4.78 is 4.40. The van der Waals surface area contributed by atoms with Crippen LogP contribution in [0.25, 0.3) is 0 Å². The minimum Gasteiger partial charge on any atom is -0.469 e. The first-order valence-electron chi connectivity index (χ1n) is 9.66. The van der Waals surface area contributed by atoms with Crippen LogP contribution in [0.2, 0.25) is 0 Å². The summed E-state index contributed by atoms with van der Waals surface area (Å²) in [6.07, 6.45) is 3.99. The Hall–Kier alpha value is -2.78. The zero-order valence-electron chi connectivity index (χ0n) is 18.3. The Balaban J connectivity index is 0. The monoisotopic (exact) mass is 425 g/mol. The number of amides is 1. The van der Waals surface area contributed by atoms with Gasteiger partial charge in [0.1, 0.15) is 12.6 Å². The van der Waals surface area contributed by atoms with Gasteiger partial charge in [-0.1, -0.05) is 12.1 Å². The maximum absolute atomic E-state index is 10.8. The third-order valence-corrected chi connectivity index (χ3v) is 3.79. The summed E-state index contributed by atoms with van der Waals surface area (Å²) in [5, 5.41) is 16.8. The van der Waals surface area contributed by atoms with E-state index in [4.69, 9.17) is 5.11 Å². The Morgan fingerprint density at radius 2 is 1.73 bits per heavy atom. The third kappa shape index (κ3) is 17.3. The normalized spacial score (nSPS) is 10.2. The van der Waals surface area contributed by atoms with E-state index in [-0.39, 0.29) is 31.1 Å². The van der Waals surface area contributed by atoms with Crippen LogP contribution in [0.5, 0.6) is 0 Å². The minimum atomic E-state index is -0.236. The molecule has 0 saturated heterocycles. The molecule has 1 amide bonds. The number of aldehydes is 2. The fourth-order valence-electron chi connectivity index (χ4n) is 1.80. The average molecular weight is 426 g/mol. The Morgan fingerprint density at radius 1 is 1.10 bits per heavy atom. The summed E-state index contributed by atoms with van der Waals surface area (Å²) >= 11 is 0. The number of hydrogen-bond donors (Lipinski definition) is 4. The van der Waals surface area contributed by atoms with Crippen molar-refractivity contribution in [2.75, 3.05) is 33.1 Å². The first kappa shape index (κ1) is 29.4. The minimum absolute atomic E-state index is 0.0881. The lowest BCUT2D eigenvalue weighted by Crippen LogP contribution is -2.40. The molecule has 0 aliphatic carbocycles. The van der Waals surface area contributed by atoms with Crippen LogP contribution in [-0.2, 0) is 30.5 Å². The van der Waals surface area contributed by atoms with Gasteiger partial charge >= 0.3 is 5.97 Å². The van der Waals surface area contributed by atoms with E-state index in [0.29, 0.717) is 19.1 Å². The first-order chi connectivity index (χ1) is 14.4. The summed E-state index contributed by atoms with van der Waals surface area (Å²) in [4.78, 5) is 40.9.